The normalized spacial score (nSPS) is 16.1. The molecule has 0 saturated carbocycles. The first kappa shape index (κ1) is 37.7. The quantitative estimate of drug-likeness (QED) is 0.171. The minimum Gasteiger partial charge on any atom is -0.493 e. The molecule has 0 fully saturated rings. The van der Waals surface area contributed by atoms with Crippen LogP contribution in [0.4, 0.5) is 5.69 Å². The van der Waals surface area contributed by atoms with Crippen LogP contribution in [0, 0.1) is 5.41 Å². The van der Waals surface area contributed by atoms with Crippen molar-refractivity contribution >= 4 is 35.1 Å². The summed E-state index contributed by atoms with van der Waals surface area (Å²) in [7, 11) is 3.07. The Morgan fingerprint density at radius 3 is 2.33 bits per heavy atom. The van der Waals surface area contributed by atoms with Crippen molar-refractivity contribution < 1.29 is 38.4 Å². The lowest BCUT2D eigenvalue weighted by molar-refractivity contribution is -0.143. The topological polar surface area (TPSA) is 124 Å². The fourth-order valence-corrected chi connectivity index (χ4v) is 6.24. The van der Waals surface area contributed by atoms with Crippen LogP contribution in [0.1, 0.15) is 74.8 Å². The van der Waals surface area contributed by atoms with Crippen molar-refractivity contribution in [2.24, 2.45) is 5.41 Å². The van der Waals surface area contributed by atoms with E-state index in [1.807, 2.05) is 50.2 Å². The van der Waals surface area contributed by atoms with Gasteiger partial charge >= 0.3 is 5.97 Å². The number of anilines is 1. The van der Waals surface area contributed by atoms with Crippen molar-refractivity contribution in [2.45, 2.75) is 71.6 Å². The third-order valence-corrected chi connectivity index (χ3v) is 9.49. The summed E-state index contributed by atoms with van der Waals surface area (Å²) in [4.78, 5) is 41.3. The van der Waals surface area contributed by atoms with Crippen molar-refractivity contribution in [3.05, 3.63) is 87.9 Å². The standard InChI is InChI=1S/C38H47ClN2O8/c1-6-38(7-2,24-42)23-41-30-18-17-27(39)20-29(30)35(28-10-9-11-31(46-4)36(28)47-5)49-32(37(41)45)21-33(43)40-22-26-14-12-25(13-15-26)16-19-34(44)48-8-3/h9-15,17-18,20,32,35,42H,6-8,16,19,21-24H2,1-5H3,(H,40,43)/t32-,35-/m1/s1. The first-order chi connectivity index (χ1) is 23.6. The maximum atomic E-state index is 14.5. The van der Waals surface area contributed by atoms with Gasteiger partial charge in [-0.2, -0.15) is 0 Å². The van der Waals surface area contributed by atoms with Gasteiger partial charge in [-0.25, -0.2) is 0 Å². The Kier molecular flexibility index (Phi) is 13.5. The second-order valence-electron chi connectivity index (χ2n) is 12.2. The lowest BCUT2D eigenvalue weighted by Gasteiger charge is -2.36. The summed E-state index contributed by atoms with van der Waals surface area (Å²) in [5.41, 5.74) is 3.08. The van der Waals surface area contributed by atoms with Gasteiger partial charge in [-0.15, -0.1) is 0 Å². The molecule has 10 nitrogen and oxygen atoms in total. The first-order valence-electron chi connectivity index (χ1n) is 16.7. The van der Waals surface area contributed by atoms with Gasteiger partial charge < -0.3 is 34.3 Å². The van der Waals surface area contributed by atoms with Gasteiger partial charge in [0.05, 0.1) is 33.9 Å². The number of para-hydroxylation sites is 1. The molecule has 0 bridgehead atoms. The highest BCUT2D eigenvalue weighted by Gasteiger charge is 2.41. The fraction of sp³-hybridized carbons (Fsp3) is 0.447. The van der Waals surface area contributed by atoms with Crippen LogP contribution in [0.25, 0.3) is 0 Å². The molecule has 2 N–H and O–H groups in total. The number of amides is 2. The van der Waals surface area contributed by atoms with Gasteiger partial charge in [0.2, 0.25) is 5.91 Å². The number of benzene rings is 3. The third-order valence-electron chi connectivity index (χ3n) is 9.26. The smallest absolute Gasteiger partial charge is 0.306 e. The number of esters is 1. The predicted octanol–water partition coefficient (Wildman–Crippen LogP) is 6.18. The molecular formula is C38H47ClN2O8. The largest absolute Gasteiger partial charge is 0.493 e. The minimum atomic E-state index is -1.18. The second kappa shape index (κ2) is 17.5. The van der Waals surface area contributed by atoms with E-state index in [0.29, 0.717) is 65.6 Å². The number of hydrogen-bond donors (Lipinski definition) is 2. The van der Waals surface area contributed by atoms with Crippen molar-refractivity contribution in [3.63, 3.8) is 0 Å². The number of aliphatic hydroxyl groups is 1. The summed E-state index contributed by atoms with van der Waals surface area (Å²) in [5.74, 6) is -0.0878. The molecule has 1 heterocycles. The SMILES string of the molecule is CCOC(=O)CCc1ccc(CNC(=O)C[C@H]2O[C@H](c3cccc(OC)c3OC)c3cc(Cl)ccc3N(CC(CC)(CC)CO)C2=O)cc1. The number of hydrogen-bond acceptors (Lipinski definition) is 8. The van der Waals surface area contributed by atoms with Crippen molar-refractivity contribution in [2.75, 3.05) is 38.9 Å². The van der Waals surface area contributed by atoms with E-state index < -0.39 is 23.5 Å². The Bertz CT molecular complexity index is 1580. The van der Waals surface area contributed by atoms with Gasteiger partial charge in [-0.05, 0) is 61.6 Å². The Morgan fingerprint density at radius 1 is 0.980 bits per heavy atom. The number of aliphatic hydroxyl groups excluding tert-OH is 1. The van der Waals surface area contributed by atoms with Gasteiger partial charge in [-0.3, -0.25) is 14.4 Å². The summed E-state index contributed by atoms with van der Waals surface area (Å²) >= 11 is 6.55. The molecular weight excluding hydrogens is 648 g/mol. The summed E-state index contributed by atoms with van der Waals surface area (Å²) in [6, 6.07) is 18.3. The number of rotatable bonds is 16. The number of halogens is 1. The molecule has 264 valence electrons. The first-order valence-corrected chi connectivity index (χ1v) is 17.1. The molecule has 2 amide bonds. The number of aryl methyl sites for hydroxylation is 1. The van der Waals surface area contributed by atoms with E-state index >= 15 is 0 Å². The van der Waals surface area contributed by atoms with E-state index in [1.54, 1.807) is 43.2 Å². The molecule has 49 heavy (non-hydrogen) atoms. The van der Waals surface area contributed by atoms with Crippen molar-refractivity contribution in [3.8, 4) is 11.5 Å². The summed E-state index contributed by atoms with van der Waals surface area (Å²) < 4.78 is 23.0. The molecule has 2 atom stereocenters. The molecule has 3 aromatic rings. The van der Waals surface area contributed by atoms with Gasteiger partial charge in [-0.1, -0.05) is 61.8 Å². The van der Waals surface area contributed by atoms with Crippen molar-refractivity contribution in [1.82, 2.24) is 5.32 Å². The Labute approximate surface area is 293 Å². The Morgan fingerprint density at radius 2 is 1.69 bits per heavy atom. The van der Waals surface area contributed by atoms with Crippen molar-refractivity contribution in [1.29, 1.82) is 0 Å². The molecule has 1 aliphatic rings. The van der Waals surface area contributed by atoms with Crippen LogP contribution in [0.15, 0.2) is 60.7 Å². The van der Waals surface area contributed by atoms with Crippen LogP contribution < -0.4 is 19.7 Å². The zero-order chi connectivity index (χ0) is 35.6. The number of fused-ring (bicyclic) bond motifs is 1. The number of carbonyl (C=O) groups is 3. The summed E-state index contributed by atoms with van der Waals surface area (Å²) in [5, 5.41) is 13.9. The van der Waals surface area contributed by atoms with Crippen LogP contribution in [-0.2, 0) is 36.8 Å². The predicted molar refractivity (Wildman–Crippen MR) is 188 cm³/mol. The highest BCUT2D eigenvalue weighted by Crippen LogP contribution is 2.46. The maximum absolute atomic E-state index is 14.5. The molecule has 1 aliphatic heterocycles. The third kappa shape index (κ3) is 9.12. The van der Waals surface area contributed by atoms with E-state index in [1.165, 1.54) is 7.11 Å². The molecule has 0 saturated heterocycles. The summed E-state index contributed by atoms with van der Waals surface area (Å²) in [6.07, 6.45) is -0.154. The number of nitrogens with one attached hydrogen (secondary N) is 1. The number of methoxy groups -OCH3 is 2. The van der Waals surface area contributed by atoms with E-state index in [2.05, 4.69) is 5.32 Å². The zero-order valence-corrected chi connectivity index (χ0v) is 29.7. The molecule has 4 rings (SSSR count). The van der Waals surface area contributed by atoms with Gasteiger partial charge in [0.25, 0.3) is 5.91 Å². The number of nitrogens with zero attached hydrogens (tertiary/aromatic N) is 1. The lowest BCUT2D eigenvalue weighted by atomic mass is 9.82. The minimum absolute atomic E-state index is 0.118. The lowest BCUT2D eigenvalue weighted by Crippen LogP contribution is -2.48. The molecule has 3 aromatic carbocycles. The van der Waals surface area contributed by atoms with Crippen LogP contribution in [-0.4, -0.2) is 63.0 Å². The zero-order valence-electron chi connectivity index (χ0n) is 28.9. The molecule has 11 heteroatoms. The highest BCUT2D eigenvalue weighted by atomic mass is 35.5. The molecule has 0 radical (unpaired) electrons. The monoisotopic (exact) mass is 694 g/mol. The van der Waals surface area contributed by atoms with Gasteiger partial charge in [0, 0.05) is 46.8 Å². The fourth-order valence-electron chi connectivity index (χ4n) is 6.05. The van der Waals surface area contributed by atoms with E-state index in [-0.39, 0.29) is 38.0 Å². The van der Waals surface area contributed by atoms with Gasteiger partial charge in [0.1, 0.15) is 12.2 Å². The van der Waals surface area contributed by atoms with Crippen LogP contribution in [0.5, 0.6) is 11.5 Å². The summed E-state index contributed by atoms with van der Waals surface area (Å²) in [6.45, 7) is 6.45. The average molecular weight is 695 g/mol. The van der Waals surface area contributed by atoms with Crippen LogP contribution in [0.3, 0.4) is 0 Å². The number of ether oxygens (including phenoxy) is 4. The maximum Gasteiger partial charge on any atom is 0.306 e. The van der Waals surface area contributed by atoms with E-state index in [4.69, 9.17) is 30.5 Å². The number of carbonyl (C=O) groups excluding carboxylic acids is 3. The average Bonchev–Trinajstić information content (AvgIpc) is 3.22. The van der Waals surface area contributed by atoms with Gasteiger partial charge in [0.15, 0.2) is 11.5 Å². The van der Waals surface area contributed by atoms with Crippen LogP contribution in [0.2, 0.25) is 5.02 Å². The Balaban J connectivity index is 1.64. The van der Waals surface area contributed by atoms with E-state index in [9.17, 15) is 19.5 Å². The molecule has 0 aromatic heterocycles. The van der Waals surface area contributed by atoms with Crippen LogP contribution >= 0.6 is 11.6 Å². The van der Waals surface area contributed by atoms with E-state index in [0.717, 1.165) is 11.1 Å². The molecule has 0 unspecified atom stereocenters. The molecule has 0 spiro atoms. The second-order valence-corrected chi connectivity index (χ2v) is 12.6. The highest BCUT2D eigenvalue weighted by molar-refractivity contribution is 6.30. The molecule has 0 aliphatic carbocycles. The Hall–Kier alpha value is -4.12.